The summed E-state index contributed by atoms with van der Waals surface area (Å²) in [5.74, 6) is 2.31. The van der Waals surface area contributed by atoms with Crippen molar-refractivity contribution in [1.29, 1.82) is 0 Å². The normalized spacial score (nSPS) is 10.1. The van der Waals surface area contributed by atoms with Crippen molar-refractivity contribution in [3.63, 3.8) is 0 Å². The van der Waals surface area contributed by atoms with E-state index in [9.17, 15) is 0 Å². The van der Waals surface area contributed by atoms with E-state index in [4.69, 9.17) is 18.6 Å². The number of benzene rings is 1. The lowest BCUT2D eigenvalue weighted by molar-refractivity contribution is 0.324. The first-order valence-corrected chi connectivity index (χ1v) is 4.99. The highest BCUT2D eigenvalue weighted by Crippen LogP contribution is 2.43. The Morgan fingerprint density at radius 3 is 2.29 bits per heavy atom. The van der Waals surface area contributed by atoms with E-state index in [1.165, 1.54) is 6.39 Å². The van der Waals surface area contributed by atoms with Crippen LogP contribution >= 0.6 is 0 Å². The van der Waals surface area contributed by atoms with Crippen LogP contribution in [-0.4, -0.2) is 26.3 Å². The minimum Gasteiger partial charge on any atom is -0.493 e. The van der Waals surface area contributed by atoms with Gasteiger partial charge in [-0.3, -0.25) is 0 Å². The van der Waals surface area contributed by atoms with Gasteiger partial charge in [-0.15, -0.1) is 0 Å². The molecule has 0 atom stereocenters. The second kappa shape index (κ2) is 4.78. The molecule has 0 spiro atoms. The maximum Gasteiger partial charge on any atom is 0.204 e. The summed E-state index contributed by atoms with van der Waals surface area (Å²) >= 11 is 0. The Kier molecular flexibility index (Phi) is 3.18. The molecule has 5 nitrogen and oxygen atoms in total. The summed E-state index contributed by atoms with van der Waals surface area (Å²) in [5.41, 5.74) is 0.766. The second-order valence-electron chi connectivity index (χ2n) is 3.25. The van der Waals surface area contributed by atoms with Crippen molar-refractivity contribution in [1.82, 2.24) is 4.98 Å². The van der Waals surface area contributed by atoms with Crippen LogP contribution in [0, 0.1) is 0 Å². The molecule has 17 heavy (non-hydrogen) atoms. The highest BCUT2D eigenvalue weighted by Gasteiger charge is 2.18. The Morgan fingerprint density at radius 1 is 1.00 bits per heavy atom. The van der Waals surface area contributed by atoms with Gasteiger partial charge in [0.2, 0.25) is 5.75 Å². The Labute approximate surface area is 98.9 Å². The minimum atomic E-state index is 0.531. The van der Waals surface area contributed by atoms with Crippen molar-refractivity contribution in [2.24, 2.45) is 0 Å². The van der Waals surface area contributed by atoms with Crippen molar-refractivity contribution in [2.45, 2.75) is 0 Å². The molecule has 0 saturated carbocycles. The van der Waals surface area contributed by atoms with Gasteiger partial charge in [0.05, 0.1) is 33.1 Å². The van der Waals surface area contributed by atoms with Crippen LogP contribution in [0.5, 0.6) is 17.2 Å². The third kappa shape index (κ3) is 1.91. The zero-order valence-corrected chi connectivity index (χ0v) is 9.89. The molecule has 0 N–H and O–H groups in total. The summed E-state index contributed by atoms with van der Waals surface area (Å²) in [5, 5.41) is 0. The van der Waals surface area contributed by atoms with E-state index in [-0.39, 0.29) is 0 Å². The Morgan fingerprint density at radius 2 is 1.76 bits per heavy atom. The molecule has 0 unspecified atom stereocenters. The lowest BCUT2D eigenvalue weighted by atomic mass is 10.1. The average molecular weight is 235 g/mol. The number of hydrogen-bond acceptors (Lipinski definition) is 5. The molecule has 0 saturated heterocycles. The summed E-state index contributed by atoms with van der Waals surface area (Å²) in [7, 11) is 4.70. The topological polar surface area (TPSA) is 53.7 Å². The number of rotatable bonds is 4. The first-order valence-electron chi connectivity index (χ1n) is 4.99. The number of aromatic nitrogens is 1. The zero-order chi connectivity index (χ0) is 12.3. The van der Waals surface area contributed by atoms with Gasteiger partial charge in [0.25, 0.3) is 0 Å². The molecule has 0 aliphatic heterocycles. The molecule has 1 aromatic carbocycles. The largest absolute Gasteiger partial charge is 0.493 e. The molecule has 0 bridgehead atoms. The highest BCUT2D eigenvalue weighted by molar-refractivity contribution is 5.72. The standard InChI is InChI=1S/C12H13NO4/c1-14-9-5-4-8(10-6-13-7-17-10)11(15-2)12(9)16-3/h4-7H,1-3H3. The number of nitrogens with zero attached hydrogens (tertiary/aromatic N) is 1. The van der Waals surface area contributed by atoms with Crippen LogP contribution in [0.4, 0.5) is 0 Å². The molecule has 1 aromatic heterocycles. The van der Waals surface area contributed by atoms with Gasteiger partial charge >= 0.3 is 0 Å². The molecule has 2 rings (SSSR count). The summed E-state index contributed by atoms with van der Waals surface area (Å²) in [6, 6.07) is 3.62. The van der Waals surface area contributed by atoms with E-state index >= 15 is 0 Å². The van der Waals surface area contributed by atoms with Gasteiger partial charge in [-0.2, -0.15) is 0 Å². The maximum absolute atomic E-state index is 5.34. The van der Waals surface area contributed by atoms with Crippen molar-refractivity contribution in [2.75, 3.05) is 21.3 Å². The molecule has 5 heteroatoms. The average Bonchev–Trinajstić information content (AvgIpc) is 2.90. The summed E-state index contributed by atoms with van der Waals surface area (Å²) < 4.78 is 21.1. The molecule has 90 valence electrons. The summed E-state index contributed by atoms with van der Waals surface area (Å²) in [6.45, 7) is 0. The third-order valence-electron chi connectivity index (χ3n) is 2.40. The fourth-order valence-corrected chi connectivity index (χ4v) is 1.64. The van der Waals surface area contributed by atoms with Crippen molar-refractivity contribution < 1.29 is 18.6 Å². The van der Waals surface area contributed by atoms with Crippen LogP contribution in [-0.2, 0) is 0 Å². The Balaban J connectivity index is 2.61. The molecule has 0 radical (unpaired) electrons. The van der Waals surface area contributed by atoms with Crippen molar-refractivity contribution >= 4 is 0 Å². The quantitative estimate of drug-likeness (QED) is 0.814. The maximum atomic E-state index is 5.34. The Hall–Kier alpha value is -2.17. The second-order valence-corrected chi connectivity index (χ2v) is 3.25. The molecule has 0 fully saturated rings. The van der Waals surface area contributed by atoms with Gasteiger partial charge < -0.3 is 18.6 Å². The number of hydrogen-bond donors (Lipinski definition) is 0. The summed E-state index contributed by atoms with van der Waals surface area (Å²) in [4.78, 5) is 3.88. The molecule has 0 aliphatic carbocycles. The van der Waals surface area contributed by atoms with Gasteiger partial charge in [-0.25, -0.2) is 4.98 Å². The van der Waals surface area contributed by atoms with E-state index in [1.54, 1.807) is 33.6 Å². The highest BCUT2D eigenvalue weighted by atomic mass is 16.5. The predicted molar refractivity (Wildman–Crippen MR) is 61.6 cm³/mol. The van der Waals surface area contributed by atoms with E-state index in [0.29, 0.717) is 23.0 Å². The van der Waals surface area contributed by atoms with Gasteiger partial charge in [0, 0.05) is 0 Å². The fraction of sp³-hybridized carbons (Fsp3) is 0.250. The first-order chi connectivity index (χ1) is 8.31. The van der Waals surface area contributed by atoms with Crippen molar-refractivity contribution in [3.8, 4) is 28.6 Å². The van der Waals surface area contributed by atoms with Crippen LogP contribution in [0.1, 0.15) is 0 Å². The zero-order valence-electron chi connectivity index (χ0n) is 9.89. The molecule has 0 amide bonds. The molecular weight excluding hydrogens is 222 g/mol. The molecule has 1 heterocycles. The number of methoxy groups -OCH3 is 3. The van der Waals surface area contributed by atoms with Crippen LogP contribution in [0.2, 0.25) is 0 Å². The van der Waals surface area contributed by atoms with Gasteiger partial charge in [-0.1, -0.05) is 0 Å². The first kappa shape index (κ1) is 11.3. The van der Waals surface area contributed by atoms with Gasteiger partial charge in [0.1, 0.15) is 0 Å². The predicted octanol–water partition coefficient (Wildman–Crippen LogP) is 2.37. The SMILES string of the molecule is COc1ccc(-c2cnco2)c(OC)c1OC. The third-order valence-corrected chi connectivity index (χ3v) is 2.40. The lowest BCUT2D eigenvalue weighted by Crippen LogP contribution is -1.96. The van der Waals surface area contributed by atoms with Gasteiger partial charge in [0.15, 0.2) is 23.7 Å². The number of oxazole rings is 1. The van der Waals surface area contributed by atoms with Crippen LogP contribution in [0.25, 0.3) is 11.3 Å². The van der Waals surface area contributed by atoms with Crippen molar-refractivity contribution in [3.05, 3.63) is 24.7 Å². The smallest absolute Gasteiger partial charge is 0.204 e. The summed E-state index contributed by atoms with van der Waals surface area (Å²) in [6.07, 6.45) is 2.98. The molecule has 2 aromatic rings. The van der Waals surface area contributed by atoms with Gasteiger partial charge in [-0.05, 0) is 12.1 Å². The van der Waals surface area contributed by atoms with Crippen LogP contribution < -0.4 is 14.2 Å². The van der Waals surface area contributed by atoms with Crippen LogP contribution in [0.3, 0.4) is 0 Å². The van der Waals surface area contributed by atoms with Crippen LogP contribution in [0.15, 0.2) is 29.1 Å². The van der Waals surface area contributed by atoms with E-state index in [2.05, 4.69) is 4.98 Å². The Bertz CT molecular complexity index is 493. The molecule has 0 aliphatic rings. The van der Waals surface area contributed by atoms with E-state index < -0.39 is 0 Å². The molecular formula is C12H13NO4. The number of ether oxygens (including phenoxy) is 3. The minimum absolute atomic E-state index is 0.531. The fourth-order valence-electron chi connectivity index (χ4n) is 1.64. The lowest BCUT2D eigenvalue weighted by Gasteiger charge is -2.14. The monoisotopic (exact) mass is 235 g/mol. The van der Waals surface area contributed by atoms with E-state index in [0.717, 1.165) is 5.56 Å². The van der Waals surface area contributed by atoms with E-state index in [1.807, 2.05) is 6.07 Å².